The second-order valence-corrected chi connectivity index (χ2v) is 5.32. The van der Waals surface area contributed by atoms with Gasteiger partial charge in [0.2, 0.25) is 0 Å². The Morgan fingerprint density at radius 2 is 1.95 bits per heavy atom. The van der Waals surface area contributed by atoms with Gasteiger partial charge in [-0.25, -0.2) is 4.99 Å². The van der Waals surface area contributed by atoms with Crippen LogP contribution in [0.15, 0.2) is 29.3 Å². The molecule has 0 amide bonds. The smallest absolute Gasteiger partial charge is 0.191 e. The lowest BCUT2D eigenvalue weighted by molar-refractivity contribution is 0.336. The number of aliphatic imine (C=N–C) groups is 1. The average molecular weight is 306 g/mol. The summed E-state index contributed by atoms with van der Waals surface area (Å²) in [5, 5.41) is 6.65. The van der Waals surface area contributed by atoms with Crippen molar-refractivity contribution in [1.29, 1.82) is 0 Å². The van der Waals surface area contributed by atoms with Crippen molar-refractivity contribution in [2.45, 2.75) is 26.8 Å². The van der Waals surface area contributed by atoms with Crippen molar-refractivity contribution >= 4 is 5.96 Å². The summed E-state index contributed by atoms with van der Waals surface area (Å²) in [5.41, 5.74) is 1.11. The molecule has 124 valence electrons. The third kappa shape index (κ3) is 7.31. The molecule has 0 atom stereocenters. The maximum atomic E-state index is 5.64. The first-order valence-electron chi connectivity index (χ1n) is 8.05. The maximum absolute atomic E-state index is 5.64. The Labute approximate surface area is 134 Å². The van der Waals surface area contributed by atoms with Gasteiger partial charge in [-0.15, -0.1) is 0 Å². The topological polar surface area (TPSA) is 48.9 Å². The van der Waals surface area contributed by atoms with Crippen molar-refractivity contribution in [2.75, 3.05) is 40.3 Å². The molecule has 0 bridgehead atoms. The number of nitrogens with one attached hydrogen (secondary N) is 2. The maximum Gasteiger partial charge on any atom is 0.191 e. The molecule has 0 aromatic heterocycles. The van der Waals surface area contributed by atoms with Crippen LogP contribution in [0, 0.1) is 0 Å². The third-order valence-electron chi connectivity index (χ3n) is 3.10. The number of hydrogen-bond acceptors (Lipinski definition) is 3. The summed E-state index contributed by atoms with van der Waals surface area (Å²) in [4.78, 5) is 6.83. The number of hydrogen-bond donors (Lipinski definition) is 2. The van der Waals surface area contributed by atoms with E-state index in [1.54, 1.807) is 0 Å². The Bertz CT molecular complexity index is 446. The van der Waals surface area contributed by atoms with Gasteiger partial charge in [-0.1, -0.05) is 18.2 Å². The predicted octanol–water partition coefficient (Wildman–Crippen LogP) is 2.09. The molecule has 1 aromatic carbocycles. The van der Waals surface area contributed by atoms with E-state index in [0.717, 1.165) is 43.3 Å². The highest BCUT2D eigenvalue weighted by molar-refractivity contribution is 5.79. The monoisotopic (exact) mass is 306 g/mol. The Kier molecular flexibility index (Phi) is 9.07. The zero-order valence-corrected chi connectivity index (χ0v) is 14.4. The lowest BCUT2D eigenvalue weighted by atomic mass is 10.2. The molecule has 1 aromatic rings. The molecule has 0 saturated heterocycles. The van der Waals surface area contributed by atoms with Crippen molar-refractivity contribution in [3.05, 3.63) is 29.8 Å². The molecule has 0 unspecified atom stereocenters. The van der Waals surface area contributed by atoms with Crippen LogP contribution in [-0.2, 0) is 6.54 Å². The van der Waals surface area contributed by atoms with Gasteiger partial charge in [0.1, 0.15) is 5.75 Å². The fourth-order valence-corrected chi connectivity index (χ4v) is 2.04. The zero-order chi connectivity index (χ0) is 16.2. The molecule has 22 heavy (non-hydrogen) atoms. The number of guanidine groups is 1. The van der Waals surface area contributed by atoms with Crippen molar-refractivity contribution in [2.24, 2.45) is 4.99 Å². The Hall–Kier alpha value is -1.75. The molecule has 0 aliphatic rings. The van der Waals surface area contributed by atoms with Crippen molar-refractivity contribution in [3.8, 4) is 5.75 Å². The highest BCUT2D eigenvalue weighted by atomic mass is 16.5. The minimum atomic E-state index is 0.610. The van der Waals surface area contributed by atoms with E-state index in [1.807, 2.05) is 25.1 Å². The number of para-hydroxylation sites is 1. The molecule has 0 aliphatic carbocycles. The third-order valence-corrected chi connectivity index (χ3v) is 3.10. The van der Waals surface area contributed by atoms with Crippen molar-refractivity contribution in [1.82, 2.24) is 15.5 Å². The summed E-state index contributed by atoms with van der Waals surface area (Å²) in [6, 6.07) is 8.06. The molecule has 5 nitrogen and oxygen atoms in total. The molecule has 1 rings (SSSR count). The summed E-state index contributed by atoms with van der Waals surface area (Å²) in [7, 11) is 4.17. The Balaban J connectivity index is 2.57. The van der Waals surface area contributed by atoms with Crippen molar-refractivity contribution < 1.29 is 4.74 Å². The van der Waals surface area contributed by atoms with Crippen molar-refractivity contribution in [3.63, 3.8) is 0 Å². The molecule has 0 radical (unpaired) electrons. The summed E-state index contributed by atoms with van der Waals surface area (Å²) in [5.74, 6) is 1.77. The van der Waals surface area contributed by atoms with E-state index in [2.05, 4.69) is 47.6 Å². The molecular formula is C17H30N4O. The first-order chi connectivity index (χ1) is 10.7. The average Bonchev–Trinajstić information content (AvgIpc) is 2.50. The lowest BCUT2D eigenvalue weighted by Crippen LogP contribution is -2.38. The Morgan fingerprint density at radius 3 is 2.64 bits per heavy atom. The van der Waals surface area contributed by atoms with Gasteiger partial charge in [0.25, 0.3) is 0 Å². The van der Waals surface area contributed by atoms with E-state index in [-0.39, 0.29) is 0 Å². The first kappa shape index (κ1) is 18.3. The number of rotatable bonds is 9. The van der Waals surface area contributed by atoms with E-state index in [0.29, 0.717) is 13.2 Å². The molecule has 0 heterocycles. The predicted molar refractivity (Wildman–Crippen MR) is 93.6 cm³/mol. The number of nitrogens with zero attached hydrogens (tertiary/aromatic N) is 2. The zero-order valence-electron chi connectivity index (χ0n) is 14.4. The quantitative estimate of drug-likeness (QED) is 0.417. The minimum Gasteiger partial charge on any atom is -0.494 e. The molecule has 5 heteroatoms. The highest BCUT2D eigenvalue weighted by Gasteiger charge is 2.03. The van der Waals surface area contributed by atoms with Gasteiger partial charge in [0, 0.05) is 18.7 Å². The highest BCUT2D eigenvalue weighted by Crippen LogP contribution is 2.18. The van der Waals surface area contributed by atoms with Gasteiger partial charge >= 0.3 is 0 Å². The van der Waals surface area contributed by atoms with Gasteiger partial charge in [-0.05, 0) is 47.0 Å². The molecule has 2 N–H and O–H groups in total. The van der Waals surface area contributed by atoms with Crippen LogP contribution in [0.1, 0.15) is 25.8 Å². The van der Waals surface area contributed by atoms with Crippen LogP contribution < -0.4 is 15.4 Å². The van der Waals surface area contributed by atoms with Crippen LogP contribution in [0.4, 0.5) is 0 Å². The standard InChI is InChI=1S/C17H30N4O/c1-5-18-17(19-12-9-13-21(3)4)20-14-15-10-7-8-11-16(15)22-6-2/h7-8,10-11H,5-6,9,12-14H2,1-4H3,(H2,18,19,20). The second kappa shape index (κ2) is 10.9. The molecule has 0 spiro atoms. The fraction of sp³-hybridized carbons (Fsp3) is 0.588. The Morgan fingerprint density at radius 1 is 1.18 bits per heavy atom. The van der Waals surface area contributed by atoms with Gasteiger partial charge in [-0.3, -0.25) is 0 Å². The summed E-state index contributed by atoms with van der Waals surface area (Å²) >= 11 is 0. The lowest BCUT2D eigenvalue weighted by Gasteiger charge is -2.14. The van der Waals surface area contributed by atoms with E-state index in [1.165, 1.54) is 0 Å². The van der Waals surface area contributed by atoms with Gasteiger partial charge in [-0.2, -0.15) is 0 Å². The van der Waals surface area contributed by atoms with E-state index in [9.17, 15) is 0 Å². The largest absolute Gasteiger partial charge is 0.494 e. The second-order valence-electron chi connectivity index (χ2n) is 5.32. The van der Waals surface area contributed by atoms with Crippen LogP contribution in [0.5, 0.6) is 5.75 Å². The van der Waals surface area contributed by atoms with Gasteiger partial charge in [0.05, 0.1) is 13.2 Å². The normalized spacial score (nSPS) is 11.6. The SMILES string of the molecule is CCNC(=NCc1ccccc1OCC)NCCCN(C)C. The van der Waals surface area contributed by atoms with Gasteiger partial charge < -0.3 is 20.3 Å². The van der Waals surface area contributed by atoms with Crippen LogP contribution in [0.25, 0.3) is 0 Å². The van der Waals surface area contributed by atoms with E-state index in [4.69, 9.17) is 4.74 Å². The molecular weight excluding hydrogens is 276 g/mol. The molecule has 0 aliphatic heterocycles. The van der Waals surface area contributed by atoms with Crippen LogP contribution >= 0.6 is 0 Å². The summed E-state index contributed by atoms with van der Waals surface area (Å²) in [6.07, 6.45) is 1.09. The number of ether oxygens (including phenoxy) is 1. The first-order valence-corrected chi connectivity index (χ1v) is 8.05. The van der Waals surface area contributed by atoms with Crippen LogP contribution in [0.3, 0.4) is 0 Å². The molecule has 0 saturated carbocycles. The fourth-order valence-electron chi connectivity index (χ4n) is 2.04. The number of benzene rings is 1. The minimum absolute atomic E-state index is 0.610. The molecule has 0 fully saturated rings. The van der Waals surface area contributed by atoms with Crippen LogP contribution in [-0.4, -0.2) is 51.2 Å². The van der Waals surface area contributed by atoms with E-state index < -0.39 is 0 Å². The van der Waals surface area contributed by atoms with E-state index >= 15 is 0 Å². The van der Waals surface area contributed by atoms with Crippen LogP contribution in [0.2, 0.25) is 0 Å². The summed E-state index contributed by atoms with van der Waals surface area (Å²) < 4.78 is 5.64. The summed E-state index contributed by atoms with van der Waals surface area (Å²) in [6.45, 7) is 8.19. The van der Waals surface area contributed by atoms with Gasteiger partial charge in [0.15, 0.2) is 5.96 Å².